The maximum absolute atomic E-state index is 12.8. The van der Waals surface area contributed by atoms with Gasteiger partial charge in [0.15, 0.2) is 11.6 Å². The lowest BCUT2D eigenvalue weighted by Gasteiger charge is -2.58. The molecule has 3 fully saturated rings. The van der Waals surface area contributed by atoms with Crippen LogP contribution >= 0.6 is 11.6 Å². The molecule has 4 rings (SSSR count). The van der Waals surface area contributed by atoms with Gasteiger partial charge in [0.2, 0.25) is 0 Å². The van der Waals surface area contributed by atoms with Crippen molar-refractivity contribution in [3.05, 3.63) is 22.8 Å². The first-order chi connectivity index (χ1) is 15.4. The molecule has 5 heteroatoms. The summed E-state index contributed by atoms with van der Waals surface area (Å²) in [5, 5.41) is 10.6. The Balaban J connectivity index is 1.59. The topological polar surface area (TPSA) is 71.4 Å². The average Bonchev–Trinajstić information content (AvgIpc) is 3.10. The number of carboxylic acids is 1. The van der Waals surface area contributed by atoms with Crippen LogP contribution in [-0.4, -0.2) is 22.6 Å². The highest BCUT2D eigenvalue weighted by atomic mass is 35.5. The summed E-state index contributed by atoms with van der Waals surface area (Å²) in [6.45, 7) is 12.4. The Hall–Kier alpha value is -1.42. The number of carbonyl (C=O) groups is 3. The molecule has 0 amide bonds. The molecule has 182 valence electrons. The van der Waals surface area contributed by atoms with Gasteiger partial charge in [-0.05, 0) is 96.5 Å². The van der Waals surface area contributed by atoms with Crippen LogP contribution in [0, 0.1) is 46.3 Å². The molecule has 0 heterocycles. The molecule has 33 heavy (non-hydrogen) atoms. The zero-order chi connectivity index (χ0) is 24.3. The van der Waals surface area contributed by atoms with Crippen molar-refractivity contribution in [3.8, 4) is 0 Å². The lowest BCUT2D eigenvalue weighted by molar-refractivity contribution is -0.149. The van der Waals surface area contributed by atoms with Gasteiger partial charge in [-0.25, -0.2) is 0 Å². The van der Waals surface area contributed by atoms with E-state index in [1.54, 1.807) is 0 Å². The average molecular weight is 475 g/mol. The van der Waals surface area contributed by atoms with E-state index in [1.165, 1.54) is 5.57 Å². The third-order valence-electron chi connectivity index (χ3n) is 10.4. The number of ketones is 2. The maximum atomic E-state index is 12.8. The molecular formula is C28H39ClO4. The number of carboxylic acid groups (broad SMARTS) is 1. The lowest BCUT2D eigenvalue weighted by atomic mass is 9.46. The van der Waals surface area contributed by atoms with Crippen LogP contribution in [-0.2, 0) is 14.4 Å². The van der Waals surface area contributed by atoms with Crippen LogP contribution in [0.15, 0.2) is 22.8 Å². The van der Waals surface area contributed by atoms with Crippen molar-refractivity contribution in [2.45, 2.75) is 85.5 Å². The number of aliphatic carboxylic acids is 1. The van der Waals surface area contributed by atoms with Crippen LogP contribution in [0.1, 0.15) is 85.5 Å². The second kappa shape index (κ2) is 8.66. The molecule has 0 aromatic heterocycles. The van der Waals surface area contributed by atoms with Crippen molar-refractivity contribution in [2.24, 2.45) is 46.3 Å². The fourth-order valence-corrected chi connectivity index (χ4v) is 8.81. The molecule has 0 spiro atoms. The van der Waals surface area contributed by atoms with E-state index >= 15 is 0 Å². The summed E-state index contributed by atoms with van der Waals surface area (Å²) < 4.78 is 0. The standard InChI is InChI=1S/C28H39ClO4/c1-15(2)16(3)24(31)14-18(26(32)33)20-9-8-19-17-6-7-22-25(29)23(30)11-13-28(22,5)21(17)10-12-27(19,20)4/h15,17-21H,3,6-14H2,1-2,4-5H3,(H,32,33). The highest BCUT2D eigenvalue weighted by Crippen LogP contribution is 2.68. The first-order valence-electron chi connectivity index (χ1n) is 12.8. The molecule has 0 saturated heterocycles. The summed E-state index contributed by atoms with van der Waals surface area (Å²) in [4.78, 5) is 37.4. The molecule has 4 aliphatic rings. The molecular weight excluding hydrogens is 436 g/mol. The van der Waals surface area contributed by atoms with Crippen molar-refractivity contribution < 1.29 is 19.5 Å². The molecule has 4 aliphatic carbocycles. The van der Waals surface area contributed by atoms with Gasteiger partial charge in [0.25, 0.3) is 0 Å². The summed E-state index contributed by atoms with van der Waals surface area (Å²) in [7, 11) is 0. The van der Waals surface area contributed by atoms with E-state index in [0.717, 1.165) is 44.9 Å². The number of fused-ring (bicyclic) bond motifs is 5. The molecule has 0 aliphatic heterocycles. The third kappa shape index (κ3) is 3.85. The van der Waals surface area contributed by atoms with Crippen LogP contribution in [0.2, 0.25) is 0 Å². The number of halogens is 1. The fraction of sp³-hybridized carbons (Fsp3) is 0.750. The van der Waals surface area contributed by atoms with Gasteiger partial charge in [-0.15, -0.1) is 0 Å². The lowest BCUT2D eigenvalue weighted by Crippen LogP contribution is -2.51. The van der Waals surface area contributed by atoms with E-state index < -0.39 is 11.9 Å². The minimum absolute atomic E-state index is 0.00943. The SMILES string of the molecule is C=C(C(=O)CC(C(=O)O)C1CCC2C3CCC4=C(Cl)C(=O)CCC4(C)C3CCC12C)C(C)C. The predicted molar refractivity (Wildman–Crippen MR) is 130 cm³/mol. The monoisotopic (exact) mass is 474 g/mol. The molecule has 1 N–H and O–H groups in total. The van der Waals surface area contributed by atoms with Crippen molar-refractivity contribution >= 4 is 29.1 Å². The number of rotatable bonds is 6. The first kappa shape index (κ1) is 24.7. The van der Waals surface area contributed by atoms with Crippen LogP contribution < -0.4 is 0 Å². The summed E-state index contributed by atoms with van der Waals surface area (Å²) in [5.74, 6) is 0.0894. The van der Waals surface area contributed by atoms with Gasteiger partial charge < -0.3 is 5.11 Å². The van der Waals surface area contributed by atoms with Crippen molar-refractivity contribution in [2.75, 3.05) is 0 Å². The highest BCUT2D eigenvalue weighted by molar-refractivity contribution is 6.43. The van der Waals surface area contributed by atoms with Crippen LogP contribution in [0.25, 0.3) is 0 Å². The zero-order valence-electron chi connectivity index (χ0n) is 20.6. The summed E-state index contributed by atoms with van der Waals surface area (Å²) in [6, 6.07) is 0. The molecule has 0 aromatic carbocycles. The normalized spacial score (nSPS) is 39.0. The zero-order valence-corrected chi connectivity index (χ0v) is 21.3. The second-order valence-corrected chi connectivity index (χ2v) is 12.4. The minimum atomic E-state index is -0.840. The Morgan fingerprint density at radius 3 is 2.42 bits per heavy atom. The van der Waals surface area contributed by atoms with Gasteiger partial charge in [-0.3, -0.25) is 14.4 Å². The van der Waals surface area contributed by atoms with Crippen LogP contribution in [0.4, 0.5) is 0 Å². The number of hydrogen-bond acceptors (Lipinski definition) is 3. The number of allylic oxidation sites excluding steroid dienone is 2. The molecule has 3 saturated carbocycles. The van der Waals surface area contributed by atoms with Gasteiger partial charge in [0.05, 0.1) is 11.0 Å². The summed E-state index contributed by atoms with van der Waals surface area (Å²) in [6.07, 6.45) is 7.35. The minimum Gasteiger partial charge on any atom is -0.481 e. The smallest absolute Gasteiger partial charge is 0.307 e. The molecule has 4 nitrogen and oxygen atoms in total. The Morgan fingerprint density at radius 2 is 1.79 bits per heavy atom. The van der Waals surface area contributed by atoms with Crippen LogP contribution in [0.3, 0.4) is 0 Å². The molecule has 0 radical (unpaired) electrons. The van der Waals surface area contributed by atoms with E-state index in [-0.39, 0.29) is 40.7 Å². The second-order valence-electron chi connectivity index (χ2n) is 12.0. The number of Topliss-reactive ketones (excluding diaryl/α,β-unsaturated/α-hetero) is 2. The molecule has 7 atom stereocenters. The Labute approximate surface area is 203 Å². The Bertz CT molecular complexity index is 917. The third-order valence-corrected chi connectivity index (χ3v) is 10.8. The van der Waals surface area contributed by atoms with Crippen molar-refractivity contribution in [1.29, 1.82) is 0 Å². The van der Waals surface area contributed by atoms with Gasteiger partial charge in [-0.2, -0.15) is 0 Å². The Morgan fingerprint density at radius 1 is 1.09 bits per heavy atom. The van der Waals surface area contributed by atoms with E-state index in [1.807, 2.05) is 13.8 Å². The maximum Gasteiger partial charge on any atom is 0.307 e. The van der Waals surface area contributed by atoms with Crippen molar-refractivity contribution in [1.82, 2.24) is 0 Å². The van der Waals surface area contributed by atoms with Gasteiger partial charge in [0, 0.05) is 12.8 Å². The first-order valence-corrected chi connectivity index (χ1v) is 13.2. The van der Waals surface area contributed by atoms with E-state index in [0.29, 0.717) is 34.8 Å². The van der Waals surface area contributed by atoms with Gasteiger partial charge in [-0.1, -0.05) is 45.9 Å². The largest absolute Gasteiger partial charge is 0.481 e. The summed E-state index contributed by atoms with van der Waals surface area (Å²) in [5.41, 5.74) is 1.65. The molecule has 0 bridgehead atoms. The van der Waals surface area contributed by atoms with E-state index in [4.69, 9.17) is 11.6 Å². The quantitative estimate of drug-likeness (QED) is 0.441. The van der Waals surface area contributed by atoms with Gasteiger partial charge >= 0.3 is 5.97 Å². The van der Waals surface area contributed by atoms with E-state index in [9.17, 15) is 19.5 Å². The van der Waals surface area contributed by atoms with Crippen molar-refractivity contribution in [3.63, 3.8) is 0 Å². The van der Waals surface area contributed by atoms with E-state index in [2.05, 4.69) is 20.4 Å². The number of hydrogen-bond donors (Lipinski definition) is 1. The highest BCUT2D eigenvalue weighted by Gasteiger charge is 2.61. The molecule has 7 unspecified atom stereocenters. The fourth-order valence-electron chi connectivity index (χ4n) is 8.41. The van der Waals surface area contributed by atoms with Crippen LogP contribution in [0.5, 0.6) is 0 Å². The Kier molecular flexibility index (Phi) is 6.48. The summed E-state index contributed by atoms with van der Waals surface area (Å²) >= 11 is 6.52. The predicted octanol–water partition coefficient (Wildman–Crippen LogP) is 6.57. The number of carbonyl (C=O) groups excluding carboxylic acids is 2. The van der Waals surface area contributed by atoms with Gasteiger partial charge in [0.1, 0.15) is 0 Å². The molecule has 0 aromatic rings.